The van der Waals surface area contributed by atoms with E-state index in [1.165, 1.54) is 24.3 Å². The van der Waals surface area contributed by atoms with Gasteiger partial charge in [0.05, 0.1) is 13.1 Å². The lowest BCUT2D eigenvalue weighted by Gasteiger charge is -2.28. The van der Waals surface area contributed by atoms with Gasteiger partial charge in [-0.1, -0.05) is 12.1 Å². The molecule has 49 nitrogen and oxygen atoms in total. The Hall–Kier alpha value is -13.2. The monoisotopic (exact) mass is 1360 g/mol. The number of benzene rings is 1. The van der Waals surface area contributed by atoms with Crippen molar-refractivity contribution in [2.75, 3.05) is 65.4 Å². The van der Waals surface area contributed by atoms with E-state index in [1.54, 1.807) is 0 Å². The van der Waals surface area contributed by atoms with E-state index in [4.69, 9.17) is 94.9 Å². The number of carbonyl (C=O) groups is 12. The zero-order valence-corrected chi connectivity index (χ0v) is 51.3. The summed E-state index contributed by atoms with van der Waals surface area (Å²) in [7, 11) is 0. The SMILES string of the molecule is CC(=O)N[C@@H](Cc1ccc(O)cc1)C(=O)NCC(=O)NCC(=O)N[C@@H](CNC(=N)N)C(=O)N[C@@H](CNC(=N)N)C(=O)N[C@@H](CNC(=N)N)C(=O)N[C@@H](CNC(=N)N)C(=O)N[C@@H](CNC(=N)N)C(=O)N[C@@H](CNC(=N)N)C(=O)N[C@@H](CNC(=N)N)C(=O)N[C@@H](CNC(=N)N)C(N)=O. The number of primary amides is 1. The van der Waals surface area contributed by atoms with Gasteiger partial charge in [-0.25, -0.2) is 0 Å². The van der Waals surface area contributed by atoms with Crippen LogP contribution in [-0.4, -0.2) is 243 Å². The molecule has 0 unspecified atom stereocenters. The Bertz CT molecular complexity index is 3060. The molecule has 46 N–H and O–H groups in total. The molecule has 0 saturated carbocycles. The van der Waals surface area contributed by atoms with Crippen LogP contribution in [0, 0.1) is 43.3 Å². The van der Waals surface area contributed by atoms with Crippen molar-refractivity contribution in [3.63, 3.8) is 0 Å². The molecule has 0 aliphatic rings. The Morgan fingerprint density at radius 3 is 0.802 bits per heavy atom. The van der Waals surface area contributed by atoms with Crippen molar-refractivity contribution in [1.29, 1.82) is 43.3 Å². The topological polar surface area (TPSA) is 879 Å². The van der Waals surface area contributed by atoms with Crippen molar-refractivity contribution >= 4 is 119 Å². The number of nitrogens with two attached hydrogens (primary N) is 9. The lowest BCUT2D eigenvalue weighted by molar-refractivity contribution is -0.135. The molecule has 49 heteroatoms. The number of amides is 12. The Kier molecular flexibility index (Phi) is 34.7. The molecule has 12 amide bonds. The molecule has 0 fully saturated rings. The fraction of sp³-hybridized carbons (Fsp3) is 0.447. The molecule has 1 aromatic carbocycles. The van der Waals surface area contributed by atoms with E-state index in [0.29, 0.717) is 5.56 Å². The van der Waals surface area contributed by atoms with E-state index < -0.39 is 238 Å². The first-order chi connectivity index (χ1) is 44.9. The summed E-state index contributed by atoms with van der Waals surface area (Å²) in [5.41, 5.74) is 49.4. The van der Waals surface area contributed by atoms with Gasteiger partial charge in [0.15, 0.2) is 47.7 Å². The first-order valence-electron chi connectivity index (χ1n) is 27.8. The molecule has 96 heavy (non-hydrogen) atoms. The average molecular weight is 1360 g/mol. The highest BCUT2D eigenvalue weighted by Crippen LogP contribution is 2.12. The van der Waals surface area contributed by atoms with Crippen molar-refractivity contribution in [1.82, 2.24) is 101 Å². The first-order valence-corrected chi connectivity index (χ1v) is 27.8. The standard InChI is InChI=1S/C47H84N36O13/c1-17(84)75-20(6-18-2-4-19(85)5-3-18)32(89)66-15-29(86)65-16-30(87)76-22(8-68-41(51)52)33(90)78-24(10-70-43(55)56)35(92)80-26(12-72-45(59)60)37(94)82-28(14-74-47(63)64)39(96)83-27(13-73-46(61)62)38(95)81-25(11-71-44(57)58)36(93)79-23(9-69-42(53)54)34(91)77-21(31(48)88)7-67-40(49)50/h2-5,20-28,85H,6-16H2,1H3,(H2,48,88)(H,65,86)(H,66,89)(H,75,84)(H,76,87)(H,77,91)(H,78,90)(H,79,93)(H,80,92)(H,81,95)(H,82,94)(H,83,96)(H4,49,50,67)(H4,51,52,68)(H4,53,54,69)(H4,55,56,70)(H4,57,58,71)(H4,59,60,72)(H4,61,62,73)(H4,63,64,74)/t20-,21-,22-,23-,24-,25-,26-,27-,28-/m0/s1. The zero-order valence-electron chi connectivity index (χ0n) is 51.3. The third-order valence-electron chi connectivity index (χ3n) is 12.0. The van der Waals surface area contributed by atoms with Gasteiger partial charge in [0.25, 0.3) is 0 Å². The maximum atomic E-state index is 14.2. The van der Waals surface area contributed by atoms with Crippen LogP contribution in [0.3, 0.4) is 0 Å². The van der Waals surface area contributed by atoms with E-state index in [1.807, 2.05) is 0 Å². The third kappa shape index (κ3) is 34.1. The van der Waals surface area contributed by atoms with Crippen LogP contribution in [0.4, 0.5) is 0 Å². The van der Waals surface area contributed by atoms with Crippen molar-refractivity contribution in [2.24, 2.45) is 51.6 Å². The predicted octanol–water partition coefficient (Wildman–Crippen LogP) is -18.1. The number of guanidine groups is 8. The summed E-state index contributed by atoms with van der Waals surface area (Å²) in [5.74, 6) is -19.3. The van der Waals surface area contributed by atoms with Crippen molar-refractivity contribution in [2.45, 2.75) is 67.7 Å². The molecule has 0 aromatic heterocycles. The van der Waals surface area contributed by atoms with Crippen LogP contribution in [-0.2, 0) is 64.0 Å². The van der Waals surface area contributed by atoms with Crippen LogP contribution >= 0.6 is 0 Å². The van der Waals surface area contributed by atoms with Gasteiger partial charge < -0.3 is 158 Å². The fourth-order valence-electron chi connectivity index (χ4n) is 7.39. The molecule has 0 aliphatic carbocycles. The van der Waals surface area contributed by atoms with Gasteiger partial charge in [0.2, 0.25) is 70.9 Å². The van der Waals surface area contributed by atoms with Gasteiger partial charge in [-0.15, -0.1) is 0 Å². The normalized spacial score (nSPS) is 13.1. The van der Waals surface area contributed by atoms with E-state index in [2.05, 4.69) is 101 Å². The number of nitrogens with one attached hydrogen (secondary N) is 27. The number of phenolic OH excluding ortho intramolecular Hbond substituents is 1. The van der Waals surface area contributed by atoms with E-state index in [9.17, 15) is 62.6 Å². The Labute approximate surface area is 544 Å². The quantitative estimate of drug-likeness (QED) is 0.0214. The molecule has 530 valence electrons. The van der Waals surface area contributed by atoms with Crippen LogP contribution in [0.2, 0.25) is 0 Å². The largest absolute Gasteiger partial charge is 0.508 e. The van der Waals surface area contributed by atoms with Gasteiger partial charge in [0.1, 0.15) is 60.1 Å². The highest BCUT2D eigenvalue weighted by molar-refractivity contribution is 6.00. The van der Waals surface area contributed by atoms with Crippen molar-refractivity contribution in [3.05, 3.63) is 29.8 Å². The lowest BCUT2D eigenvalue weighted by atomic mass is 10.0. The Balaban J connectivity index is 3.56. The molecule has 0 aliphatic heterocycles. The van der Waals surface area contributed by atoms with Crippen LogP contribution in [0.15, 0.2) is 24.3 Å². The number of carbonyl (C=O) groups excluding carboxylic acids is 12. The number of rotatable bonds is 40. The molecule has 0 radical (unpaired) electrons. The molecule has 0 heterocycles. The summed E-state index contributed by atoms with van der Waals surface area (Å²) < 4.78 is 0. The molecular weight excluding hydrogens is 1280 g/mol. The molecule has 0 bridgehead atoms. The fourth-order valence-corrected chi connectivity index (χ4v) is 7.39. The molecule has 0 saturated heterocycles. The molecular formula is C47H84N36O13. The molecule has 9 atom stereocenters. The Morgan fingerprint density at radius 1 is 0.312 bits per heavy atom. The van der Waals surface area contributed by atoms with Crippen LogP contribution in [0.1, 0.15) is 12.5 Å². The zero-order chi connectivity index (χ0) is 72.9. The maximum Gasteiger partial charge on any atom is 0.245 e. The predicted molar refractivity (Wildman–Crippen MR) is 339 cm³/mol. The van der Waals surface area contributed by atoms with Gasteiger partial charge in [0, 0.05) is 65.7 Å². The minimum Gasteiger partial charge on any atom is -0.508 e. The summed E-state index contributed by atoms with van der Waals surface area (Å²) in [6, 6.07) is -10.1. The highest BCUT2D eigenvalue weighted by atomic mass is 16.3. The number of phenols is 1. The minimum atomic E-state index is -1.95. The van der Waals surface area contributed by atoms with Gasteiger partial charge in [-0.05, 0) is 17.7 Å². The first kappa shape index (κ1) is 80.8. The second-order valence-corrected chi connectivity index (χ2v) is 19.9. The van der Waals surface area contributed by atoms with E-state index in [-0.39, 0.29) is 12.2 Å². The summed E-state index contributed by atoms with van der Waals surface area (Å²) in [6.07, 6.45) is -0.0397. The second kappa shape index (κ2) is 41.3. The average Bonchev–Trinajstić information content (AvgIpc) is 0.964. The molecule has 1 aromatic rings. The minimum absolute atomic E-state index is 0.0397. The van der Waals surface area contributed by atoms with Crippen LogP contribution in [0.25, 0.3) is 0 Å². The number of hydrogen-bond donors (Lipinski definition) is 37. The third-order valence-corrected chi connectivity index (χ3v) is 12.0. The Morgan fingerprint density at radius 2 is 0.552 bits per heavy atom. The summed E-state index contributed by atoms with van der Waals surface area (Å²) in [4.78, 5) is 161. The van der Waals surface area contributed by atoms with Crippen molar-refractivity contribution < 1.29 is 62.6 Å². The highest BCUT2D eigenvalue weighted by Gasteiger charge is 2.36. The van der Waals surface area contributed by atoms with Gasteiger partial charge >= 0.3 is 0 Å². The maximum absolute atomic E-state index is 14.2. The van der Waals surface area contributed by atoms with E-state index in [0.717, 1.165) is 6.92 Å². The van der Waals surface area contributed by atoms with Crippen LogP contribution < -0.4 is 153 Å². The second-order valence-electron chi connectivity index (χ2n) is 19.9. The number of aromatic hydroxyl groups is 1. The van der Waals surface area contributed by atoms with Crippen molar-refractivity contribution in [3.8, 4) is 5.75 Å². The van der Waals surface area contributed by atoms with Crippen LogP contribution in [0.5, 0.6) is 5.75 Å². The van der Waals surface area contributed by atoms with Gasteiger partial charge in [-0.2, -0.15) is 0 Å². The smallest absolute Gasteiger partial charge is 0.245 e. The summed E-state index contributed by atoms with van der Waals surface area (Å²) >= 11 is 0. The molecule has 0 spiro atoms. The summed E-state index contributed by atoms with van der Waals surface area (Å²) in [5, 5.41) is 114. The van der Waals surface area contributed by atoms with Gasteiger partial charge in [-0.3, -0.25) is 101 Å². The lowest BCUT2D eigenvalue weighted by Crippen LogP contribution is -2.65. The molecule has 1 rings (SSSR count). The summed E-state index contributed by atoms with van der Waals surface area (Å²) in [6.45, 7) is -6.03. The number of hydrogen-bond acceptors (Lipinski definition) is 21. The van der Waals surface area contributed by atoms with E-state index >= 15 is 0 Å².